The lowest BCUT2D eigenvalue weighted by Crippen LogP contribution is -2.34. The SMILES string of the molecule is Cc1ccc([C@@H]2c3cccn3-c3ccccc3CN2C(=O)c2ccc(C#N)cc2)cc1. The van der Waals surface area contributed by atoms with Gasteiger partial charge in [0.1, 0.15) is 0 Å². The summed E-state index contributed by atoms with van der Waals surface area (Å²) in [6.45, 7) is 2.56. The third-order valence-electron chi connectivity index (χ3n) is 5.88. The lowest BCUT2D eigenvalue weighted by molar-refractivity contribution is 0.0691. The van der Waals surface area contributed by atoms with E-state index in [-0.39, 0.29) is 11.9 Å². The van der Waals surface area contributed by atoms with Crippen molar-refractivity contribution < 1.29 is 4.79 Å². The zero-order valence-corrected chi connectivity index (χ0v) is 17.2. The molecule has 1 atom stereocenters. The van der Waals surface area contributed by atoms with Crippen LogP contribution in [0, 0.1) is 18.3 Å². The Bertz CT molecular complexity index is 1290. The maximum absolute atomic E-state index is 13.8. The van der Waals surface area contributed by atoms with Gasteiger partial charge in [0.15, 0.2) is 0 Å². The largest absolute Gasteiger partial charge is 0.322 e. The standard InChI is InChI=1S/C27H21N3O/c1-19-8-12-21(13-9-19)26-25-7-4-16-29(25)24-6-3-2-5-23(24)18-30(26)27(31)22-14-10-20(17-28)11-15-22/h2-16,26H,18H2,1H3/t26-/m1/s1. The number of carbonyl (C=O) groups excluding carboxylic acids is 1. The fourth-order valence-corrected chi connectivity index (χ4v) is 4.29. The molecule has 0 bridgehead atoms. The Balaban J connectivity index is 1.69. The van der Waals surface area contributed by atoms with Gasteiger partial charge in [-0.2, -0.15) is 5.26 Å². The summed E-state index contributed by atoms with van der Waals surface area (Å²) in [6.07, 6.45) is 2.06. The lowest BCUT2D eigenvalue weighted by atomic mass is 9.99. The van der Waals surface area contributed by atoms with Gasteiger partial charge in [0, 0.05) is 24.0 Å². The molecule has 1 amide bonds. The number of hydrogen-bond acceptors (Lipinski definition) is 2. The van der Waals surface area contributed by atoms with Crippen molar-refractivity contribution in [3.05, 3.63) is 125 Å². The maximum atomic E-state index is 13.8. The van der Waals surface area contributed by atoms with E-state index in [0.29, 0.717) is 17.7 Å². The second-order valence-electron chi connectivity index (χ2n) is 7.87. The van der Waals surface area contributed by atoms with Crippen LogP contribution in [-0.4, -0.2) is 15.4 Å². The average molecular weight is 403 g/mol. The number of aromatic nitrogens is 1. The predicted molar refractivity (Wildman–Crippen MR) is 120 cm³/mol. The third kappa shape index (κ3) is 3.31. The fraction of sp³-hybridized carbons (Fsp3) is 0.111. The molecule has 1 aliphatic rings. The van der Waals surface area contributed by atoms with Crippen molar-refractivity contribution in [1.29, 1.82) is 5.26 Å². The molecule has 0 unspecified atom stereocenters. The second kappa shape index (κ2) is 7.62. The summed E-state index contributed by atoms with van der Waals surface area (Å²) in [6, 6.07) is 29.5. The number of para-hydroxylation sites is 1. The van der Waals surface area contributed by atoms with Gasteiger partial charge in [-0.1, -0.05) is 48.0 Å². The molecular weight excluding hydrogens is 382 g/mol. The van der Waals surface area contributed by atoms with Crippen LogP contribution in [0.15, 0.2) is 91.1 Å². The van der Waals surface area contributed by atoms with Crippen LogP contribution < -0.4 is 0 Å². The Morgan fingerprint density at radius 1 is 0.935 bits per heavy atom. The summed E-state index contributed by atoms with van der Waals surface area (Å²) >= 11 is 0. The molecule has 0 N–H and O–H groups in total. The van der Waals surface area contributed by atoms with Gasteiger partial charge in [-0.3, -0.25) is 4.79 Å². The fourth-order valence-electron chi connectivity index (χ4n) is 4.29. The number of aryl methyl sites for hydroxylation is 1. The highest BCUT2D eigenvalue weighted by atomic mass is 16.2. The number of fused-ring (bicyclic) bond motifs is 3. The van der Waals surface area contributed by atoms with Gasteiger partial charge >= 0.3 is 0 Å². The summed E-state index contributed by atoms with van der Waals surface area (Å²) in [4.78, 5) is 15.7. The number of nitrogens with zero attached hydrogens (tertiary/aromatic N) is 3. The summed E-state index contributed by atoms with van der Waals surface area (Å²) in [7, 11) is 0. The highest BCUT2D eigenvalue weighted by molar-refractivity contribution is 5.95. The Kier molecular flexibility index (Phi) is 4.65. The molecule has 0 spiro atoms. The van der Waals surface area contributed by atoms with E-state index in [4.69, 9.17) is 5.26 Å². The van der Waals surface area contributed by atoms with E-state index >= 15 is 0 Å². The topological polar surface area (TPSA) is 49.0 Å². The number of carbonyl (C=O) groups is 1. The average Bonchev–Trinajstić information content (AvgIpc) is 3.24. The zero-order chi connectivity index (χ0) is 21.4. The van der Waals surface area contributed by atoms with E-state index in [1.807, 2.05) is 23.1 Å². The molecule has 4 heteroatoms. The van der Waals surface area contributed by atoms with Crippen molar-refractivity contribution >= 4 is 5.91 Å². The number of nitriles is 1. The third-order valence-corrected chi connectivity index (χ3v) is 5.88. The monoisotopic (exact) mass is 403 g/mol. The van der Waals surface area contributed by atoms with Crippen LogP contribution in [-0.2, 0) is 6.54 Å². The van der Waals surface area contributed by atoms with E-state index in [1.54, 1.807) is 24.3 Å². The van der Waals surface area contributed by atoms with Gasteiger partial charge in [-0.05, 0) is 60.5 Å². The number of rotatable bonds is 2. The smallest absolute Gasteiger partial charge is 0.254 e. The van der Waals surface area contributed by atoms with Gasteiger partial charge < -0.3 is 9.47 Å². The molecule has 4 aromatic rings. The summed E-state index contributed by atoms with van der Waals surface area (Å²) < 4.78 is 2.19. The van der Waals surface area contributed by atoms with E-state index in [9.17, 15) is 4.79 Å². The molecule has 150 valence electrons. The van der Waals surface area contributed by atoms with E-state index in [2.05, 4.69) is 66.2 Å². The number of hydrogen-bond donors (Lipinski definition) is 0. The van der Waals surface area contributed by atoms with Crippen LogP contribution in [0.4, 0.5) is 0 Å². The van der Waals surface area contributed by atoms with Gasteiger partial charge in [-0.25, -0.2) is 0 Å². The Labute approximate surface area is 181 Å². The second-order valence-corrected chi connectivity index (χ2v) is 7.87. The maximum Gasteiger partial charge on any atom is 0.254 e. The lowest BCUT2D eigenvalue weighted by Gasteiger charge is -2.31. The molecule has 1 aliphatic heterocycles. The van der Waals surface area contributed by atoms with Crippen molar-refractivity contribution in [2.45, 2.75) is 19.5 Å². The van der Waals surface area contributed by atoms with Crippen LogP contribution in [0.5, 0.6) is 0 Å². The van der Waals surface area contributed by atoms with E-state index in [0.717, 1.165) is 22.5 Å². The molecule has 2 heterocycles. The van der Waals surface area contributed by atoms with E-state index in [1.165, 1.54) is 5.56 Å². The van der Waals surface area contributed by atoms with Crippen molar-refractivity contribution in [3.63, 3.8) is 0 Å². The molecule has 1 aromatic heterocycles. The Morgan fingerprint density at radius 3 is 2.42 bits per heavy atom. The summed E-state index contributed by atoms with van der Waals surface area (Å²) in [5, 5.41) is 9.11. The molecule has 0 radical (unpaired) electrons. The first-order valence-electron chi connectivity index (χ1n) is 10.3. The molecule has 5 rings (SSSR count). The van der Waals surface area contributed by atoms with Gasteiger partial charge in [0.2, 0.25) is 0 Å². The van der Waals surface area contributed by atoms with Crippen LogP contribution in [0.3, 0.4) is 0 Å². The Hall–Kier alpha value is -4.10. The van der Waals surface area contributed by atoms with Crippen LogP contribution in [0.1, 0.15) is 44.3 Å². The van der Waals surface area contributed by atoms with Gasteiger partial charge in [-0.15, -0.1) is 0 Å². The minimum Gasteiger partial charge on any atom is -0.322 e. The molecule has 31 heavy (non-hydrogen) atoms. The first kappa shape index (κ1) is 18.9. The van der Waals surface area contributed by atoms with Crippen LogP contribution in [0.25, 0.3) is 5.69 Å². The molecule has 0 saturated carbocycles. The van der Waals surface area contributed by atoms with Crippen molar-refractivity contribution in [2.24, 2.45) is 0 Å². The van der Waals surface area contributed by atoms with E-state index < -0.39 is 0 Å². The van der Waals surface area contributed by atoms with Gasteiger partial charge in [0.05, 0.1) is 23.4 Å². The number of amides is 1. The van der Waals surface area contributed by atoms with Crippen LogP contribution >= 0.6 is 0 Å². The highest BCUT2D eigenvalue weighted by Crippen LogP contribution is 2.37. The predicted octanol–water partition coefficient (Wildman–Crippen LogP) is 5.40. The normalized spacial score (nSPS) is 14.8. The molecular formula is C27H21N3O. The number of benzene rings is 3. The molecule has 0 saturated heterocycles. The first-order chi connectivity index (χ1) is 15.2. The Morgan fingerprint density at radius 2 is 1.68 bits per heavy atom. The summed E-state index contributed by atoms with van der Waals surface area (Å²) in [5.74, 6) is -0.0560. The van der Waals surface area contributed by atoms with Gasteiger partial charge in [0.25, 0.3) is 5.91 Å². The molecule has 0 fully saturated rings. The summed E-state index contributed by atoms with van der Waals surface area (Å²) in [5.41, 5.74) is 6.61. The van der Waals surface area contributed by atoms with Crippen molar-refractivity contribution in [3.8, 4) is 11.8 Å². The molecule has 3 aromatic carbocycles. The minimum atomic E-state index is -0.230. The van der Waals surface area contributed by atoms with Crippen molar-refractivity contribution in [2.75, 3.05) is 0 Å². The molecule has 0 aliphatic carbocycles. The van der Waals surface area contributed by atoms with Crippen LogP contribution in [0.2, 0.25) is 0 Å². The highest BCUT2D eigenvalue weighted by Gasteiger charge is 2.33. The zero-order valence-electron chi connectivity index (χ0n) is 17.2. The molecule has 4 nitrogen and oxygen atoms in total. The van der Waals surface area contributed by atoms with Crippen molar-refractivity contribution in [1.82, 2.24) is 9.47 Å². The quantitative estimate of drug-likeness (QED) is 0.450. The minimum absolute atomic E-state index is 0.0560. The first-order valence-corrected chi connectivity index (χ1v) is 10.3.